The predicted molar refractivity (Wildman–Crippen MR) is 137 cm³/mol. The fourth-order valence-electron chi connectivity index (χ4n) is 5.08. The lowest BCUT2D eigenvalue weighted by atomic mass is 9.92. The molecular weight excluding hydrogens is 458 g/mol. The smallest absolute Gasteiger partial charge is 0.410 e. The van der Waals surface area contributed by atoms with E-state index in [0.29, 0.717) is 13.0 Å². The number of benzene rings is 2. The maximum absolute atomic E-state index is 13.1. The van der Waals surface area contributed by atoms with Crippen molar-refractivity contribution in [1.82, 2.24) is 15.1 Å². The first-order valence-electron chi connectivity index (χ1n) is 12.4. The minimum atomic E-state index is -0.949. The van der Waals surface area contributed by atoms with Gasteiger partial charge in [0, 0.05) is 26.6 Å². The molecule has 2 aromatic rings. The van der Waals surface area contributed by atoms with Gasteiger partial charge in [-0.05, 0) is 29.9 Å². The highest BCUT2D eigenvalue weighted by atomic mass is 16.6. The average molecular weight is 496 g/mol. The van der Waals surface area contributed by atoms with E-state index in [9.17, 15) is 19.5 Å². The highest BCUT2D eigenvalue weighted by Crippen LogP contribution is 2.34. The van der Waals surface area contributed by atoms with Crippen LogP contribution in [0, 0.1) is 5.92 Å². The van der Waals surface area contributed by atoms with Gasteiger partial charge in [0.1, 0.15) is 12.6 Å². The first-order valence-corrected chi connectivity index (χ1v) is 12.4. The van der Waals surface area contributed by atoms with E-state index < -0.39 is 30.2 Å². The van der Waals surface area contributed by atoms with Gasteiger partial charge in [0.25, 0.3) is 0 Å². The third-order valence-electron chi connectivity index (χ3n) is 6.65. The zero-order chi connectivity index (χ0) is 26.2. The molecule has 8 nitrogen and oxygen atoms in total. The van der Waals surface area contributed by atoms with Crippen molar-refractivity contribution in [1.29, 1.82) is 0 Å². The van der Waals surface area contributed by atoms with Crippen molar-refractivity contribution in [2.24, 2.45) is 5.92 Å². The molecule has 8 heteroatoms. The lowest BCUT2D eigenvalue weighted by molar-refractivity contribution is -0.143. The third-order valence-corrected chi connectivity index (χ3v) is 6.65. The number of nitrogens with zero attached hydrogens (tertiary/aromatic N) is 2. The highest BCUT2D eigenvalue weighted by molar-refractivity contribution is 5.76. The number of ether oxygens (including phenoxy) is 1. The number of carbonyl (C=O) groups is 3. The van der Waals surface area contributed by atoms with E-state index in [1.165, 1.54) is 11.8 Å². The summed E-state index contributed by atoms with van der Waals surface area (Å²) in [5, 5.41) is 13.2. The van der Waals surface area contributed by atoms with Gasteiger partial charge < -0.3 is 20.1 Å². The summed E-state index contributed by atoms with van der Waals surface area (Å²) < 4.78 is 5.58. The van der Waals surface area contributed by atoms with Crippen molar-refractivity contribution in [2.75, 3.05) is 7.05 Å². The Hall–Kier alpha value is -3.39. The first-order chi connectivity index (χ1) is 17.2. The molecule has 0 bridgehead atoms. The Kier molecular flexibility index (Phi) is 9.47. The van der Waals surface area contributed by atoms with Crippen LogP contribution in [-0.4, -0.2) is 64.1 Å². The molecule has 2 aromatic carbocycles. The molecule has 36 heavy (non-hydrogen) atoms. The lowest BCUT2D eigenvalue weighted by Crippen LogP contribution is -2.58. The second kappa shape index (κ2) is 12.5. The number of nitrogens with one attached hydrogen (secondary N) is 1. The molecule has 0 aliphatic carbocycles. The molecule has 1 aliphatic rings. The first kappa shape index (κ1) is 27.2. The van der Waals surface area contributed by atoms with Gasteiger partial charge in [-0.25, -0.2) is 4.79 Å². The minimum absolute atomic E-state index is 0.124. The topological polar surface area (TPSA) is 99.2 Å². The zero-order valence-corrected chi connectivity index (χ0v) is 21.5. The van der Waals surface area contributed by atoms with Gasteiger partial charge in [-0.1, -0.05) is 74.5 Å². The van der Waals surface area contributed by atoms with Crippen molar-refractivity contribution >= 4 is 18.0 Å². The number of carboxylic acid groups (broad SMARTS) is 1. The molecule has 1 heterocycles. The van der Waals surface area contributed by atoms with E-state index in [4.69, 9.17) is 4.74 Å². The summed E-state index contributed by atoms with van der Waals surface area (Å²) in [5.74, 6) is -0.886. The summed E-state index contributed by atoms with van der Waals surface area (Å²) in [6.45, 7) is 6.10. The highest BCUT2D eigenvalue weighted by Gasteiger charge is 2.50. The van der Waals surface area contributed by atoms with E-state index in [0.717, 1.165) is 11.1 Å². The van der Waals surface area contributed by atoms with Crippen LogP contribution in [0.25, 0.3) is 0 Å². The fourth-order valence-corrected chi connectivity index (χ4v) is 5.08. The van der Waals surface area contributed by atoms with Crippen LogP contribution in [0.2, 0.25) is 0 Å². The molecule has 194 valence electrons. The lowest BCUT2D eigenvalue weighted by Gasteiger charge is -2.39. The molecule has 1 aliphatic heterocycles. The van der Waals surface area contributed by atoms with Crippen molar-refractivity contribution in [2.45, 2.75) is 70.9 Å². The molecule has 0 aromatic heterocycles. The summed E-state index contributed by atoms with van der Waals surface area (Å²) in [5.41, 5.74) is 1.84. The summed E-state index contributed by atoms with van der Waals surface area (Å²) in [7, 11) is 1.65. The zero-order valence-electron chi connectivity index (χ0n) is 21.5. The largest absolute Gasteiger partial charge is 0.480 e. The number of rotatable bonds is 10. The molecule has 3 rings (SSSR count). The predicted octanol–water partition coefficient (Wildman–Crippen LogP) is 3.90. The van der Waals surface area contributed by atoms with Crippen molar-refractivity contribution < 1.29 is 24.2 Å². The maximum Gasteiger partial charge on any atom is 0.410 e. The molecular formula is C28H37N3O5. The van der Waals surface area contributed by atoms with Gasteiger partial charge in [0.05, 0.1) is 12.1 Å². The molecule has 0 radical (unpaired) electrons. The molecule has 4 atom stereocenters. The maximum atomic E-state index is 13.1. The van der Waals surface area contributed by atoms with Gasteiger partial charge in [0.2, 0.25) is 5.91 Å². The number of carboxylic acids is 1. The van der Waals surface area contributed by atoms with Crippen LogP contribution in [0.5, 0.6) is 0 Å². The van der Waals surface area contributed by atoms with Crippen LogP contribution in [0.3, 0.4) is 0 Å². The van der Waals surface area contributed by atoms with E-state index in [1.54, 1.807) is 7.05 Å². The molecule has 0 unspecified atom stereocenters. The van der Waals surface area contributed by atoms with Gasteiger partial charge >= 0.3 is 12.1 Å². The summed E-state index contributed by atoms with van der Waals surface area (Å²) in [6, 6.07) is 17.0. The Balaban J connectivity index is 1.93. The normalized spacial score (nSPS) is 20.6. The molecule has 2 amide bonds. The SMILES string of the molecule is CC(=O)N[C@@H](CC(C)C)[C@H]1[C@H](N(C)C(=O)OCc2ccccc2)C[C@H](C(=O)O)N1Cc1ccccc1. The average Bonchev–Trinajstić information content (AvgIpc) is 3.21. The van der Waals surface area contributed by atoms with E-state index in [1.807, 2.05) is 65.6 Å². The summed E-state index contributed by atoms with van der Waals surface area (Å²) >= 11 is 0. The number of hydrogen-bond acceptors (Lipinski definition) is 5. The Morgan fingerprint density at radius 1 is 1.06 bits per heavy atom. The van der Waals surface area contributed by atoms with Crippen LogP contribution >= 0.6 is 0 Å². The Morgan fingerprint density at radius 3 is 2.17 bits per heavy atom. The van der Waals surface area contributed by atoms with Gasteiger partial charge in [0.15, 0.2) is 0 Å². The number of amides is 2. The minimum Gasteiger partial charge on any atom is -0.480 e. The second-order valence-corrected chi connectivity index (χ2v) is 9.89. The van der Waals surface area contributed by atoms with Gasteiger partial charge in [-0.15, -0.1) is 0 Å². The Morgan fingerprint density at radius 2 is 1.64 bits per heavy atom. The quantitative estimate of drug-likeness (QED) is 0.519. The number of likely N-dealkylation sites (tertiary alicyclic amines) is 1. The van der Waals surface area contributed by atoms with Crippen LogP contribution in [0.15, 0.2) is 60.7 Å². The van der Waals surface area contributed by atoms with E-state index in [-0.39, 0.29) is 30.9 Å². The van der Waals surface area contributed by atoms with Crippen molar-refractivity contribution in [3.63, 3.8) is 0 Å². The summed E-state index contributed by atoms with van der Waals surface area (Å²) in [6.07, 6.45) is 0.356. The van der Waals surface area contributed by atoms with Crippen LogP contribution in [0.1, 0.15) is 44.7 Å². The Bertz CT molecular complexity index is 1010. The van der Waals surface area contributed by atoms with E-state index >= 15 is 0 Å². The fraction of sp³-hybridized carbons (Fsp3) is 0.464. The standard InChI is InChI=1S/C28H37N3O5/c1-19(2)15-23(29-20(3)32)26-24(30(4)28(35)36-18-22-13-9-6-10-14-22)16-25(27(33)34)31(26)17-21-11-7-5-8-12-21/h5-14,19,23-26H,15-18H2,1-4H3,(H,29,32)(H,33,34)/t23-,24+,25+,26-/m0/s1. The number of likely N-dealkylation sites (N-methyl/N-ethyl adjacent to an activating group) is 1. The van der Waals surface area contributed by atoms with Gasteiger partial charge in [-0.2, -0.15) is 0 Å². The molecule has 2 N–H and O–H groups in total. The number of carbonyl (C=O) groups excluding carboxylic acids is 2. The molecule has 0 spiro atoms. The number of hydrogen-bond donors (Lipinski definition) is 2. The van der Waals surface area contributed by atoms with Crippen molar-refractivity contribution in [3.05, 3.63) is 71.8 Å². The van der Waals surface area contributed by atoms with Crippen LogP contribution in [0.4, 0.5) is 4.79 Å². The van der Waals surface area contributed by atoms with Gasteiger partial charge in [-0.3, -0.25) is 14.5 Å². The monoisotopic (exact) mass is 495 g/mol. The van der Waals surface area contributed by atoms with Crippen LogP contribution < -0.4 is 5.32 Å². The molecule has 1 fully saturated rings. The van der Waals surface area contributed by atoms with E-state index in [2.05, 4.69) is 19.2 Å². The molecule has 0 saturated carbocycles. The molecule has 1 saturated heterocycles. The van der Waals surface area contributed by atoms with Crippen molar-refractivity contribution in [3.8, 4) is 0 Å². The number of aliphatic carboxylic acids is 1. The Labute approximate surface area is 213 Å². The summed E-state index contributed by atoms with van der Waals surface area (Å²) in [4.78, 5) is 41.1. The third kappa shape index (κ3) is 7.07. The second-order valence-electron chi connectivity index (χ2n) is 9.89. The van der Waals surface area contributed by atoms with Crippen LogP contribution in [-0.2, 0) is 27.5 Å².